The smallest absolute Gasteiger partial charge is 0.315 e. The van der Waals surface area contributed by atoms with Crippen molar-refractivity contribution in [2.75, 3.05) is 6.61 Å². The Bertz CT molecular complexity index is 919. The molecule has 9 unspecified atom stereocenters. The van der Waals surface area contributed by atoms with Gasteiger partial charge in [0, 0.05) is 6.42 Å². The molecular formula is C25H28O9. The first-order chi connectivity index (χ1) is 16.4. The van der Waals surface area contributed by atoms with Crippen LogP contribution in [0.15, 0.2) is 36.5 Å². The number of carbonyl (C=O) groups excluding carboxylic acids is 3. The van der Waals surface area contributed by atoms with Crippen molar-refractivity contribution >= 4 is 17.9 Å². The van der Waals surface area contributed by atoms with Gasteiger partial charge >= 0.3 is 17.9 Å². The minimum Gasteiger partial charge on any atom is -0.457 e. The van der Waals surface area contributed by atoms with Crippen LogP contribution in [0.2, 0.25) is 0 Å². The summed E-state index contributed by atoms with van der Waals surface area (Å²) in [5, 5.41) is 0. The Kier molecular flexibility index (Phi) is 5.38. The average Bonchev–Trinajstić information content (AvgIpc) is 3.68. The molecule has 6 heterocycles. The number of hydrogen-bond donors (Lipinski definition) is 0. The first-order valence-electron chi connectivity index (χ1n) is 12.1. The van der Waals surface area contributed by atoms with Gasteiger partial charge < -0.3 is 28.4 Å². The predicted molar refractivity (Wildman–Crippen MR) is 114 cm³/mol. The van der Waals surface area contributed by atoms with Crippen molar-refractivity contribution in [2.24, 2.45) is 17.8 Å². The number of hydrogen-bond acceptors (Lipinski definition) is 9. The van der Waals surface area contributed by atoms with Gasteiger partial charge in [-0.15, -0.1) is 0 Å². The third-order valence-electron chi connectivity index (χ3n) is 7.65. The summed E-state index contributed by atoms with van der Waals surface area (Å²) in [4.78, 5) is 39.0. The maximum atomic E-state index is 13.1. The molecule has 0 aromatic heterocycles. The van der Waals surface area contributed by atoms with Crippen LogP contribution in [-0.4, -0.2) is 66.9 Å². The van der Waals surface area contributed by atoms with Crippen LogP contribution in [-0.2, 0) is 42.8 Å². The Hall–Kier alpha value is -2.49. The lowest BCUT2D eigenvalue weighted by molar-refractivity contribution is -0.251. The SMILES string of the molecule is CCC(COC(=O)C1CC2C=CC1O2)(OC(=O)C1CC2C=CC1O2)OC(=O)C1CC2C=CC1O2. The summed E-state index contributed by atoms with van der Waals surface area (Å²) in [6.45, 7) is 1.35. The molecule has 182 valence electrons. The van der Waals surface area contributed by atoms with Gasteiger partial charge in [0.15, 0.2) is 6.61 Å². The Morgan fingerprint density at radius 3 is 1.44 bits per heavy atom. The van der Waals surface area contributed by atoms with Crippen LogP contribution < -0.4 is 0 Å². The predicted octanol–water partition coefficient (Wildman–Crippen LogP) is 1.75. The molecule has 0 saturated carbocycles. The van der Waals surface area contributed by atoms with Crippen LogP contribution >= 0.6 is 0 Å². The lowest BCUT2D eigenvalue weighted by atomic mass is 9.94. The van der Waals surface area contributed by atoms with E-state index in [-0.39, 0.29) is 49.7 Å². The molecule has 34 heavy (non-hydrogen) atoms. The van der Waals surface area contributed by atoms with E-state index in [1.165, 1.54) is 0 Å². The van der Waals surface area contributed by atoms with Crippen molar-refractivity contribution in [2.45, 2.75) is 75.0 Å². The van der Waals surface area contributed by atoms with E-state index in [0.717, 1.165) is 0 Å². The Morgan fingerprint density at radius 1 is 0.706 bits per heavy atom. The first-order valence-corrected chi connectivity index (χ1v) is 12.1. The van der Waals surface area contributed by atoms with Crippen LogP contribution in [0.1, 0.15) is 32.6 Å². The Labute approximate surface area is 197 Å². The lowest BCUT2D eigenvalue weighted by Crippen LogP contribution is -2.48. The van der Waals surface area contributed by atoms with Gasteiger partial charge in [-0.05, 0) is 19.3 Å². The fraction of sp³-hybridized carbons (Fsp3) is 0.640. The van der Waals surface area contributed by atoms with E-state index in [1.54, 1.807) is 6.92 Å². The van der Waals surface area contributed by atoms with E-state index >= 15 is 0 Å². The molecule has 0 N–H and O–H groups in total. The summed E-state index contributed by atoms with van der Waals surface area (Å²) in [5.41, 5.74) is 0. The van der Waals surface area contributed by atoms with Gasteiger partial charge in [0.05, 0.1) is 54.4 Å². The molecule has 6 rings (SSSR count). The maximum Gasteiger partial charge on any atom is 0.315 e. The largest absolute Gasteiger partial charge is 0.457 e. The van der Waals surface area contributed by atoms with E-state index in [1.807, 2.05) is 36.5 Å². The van der Waals surface area contributed by atoms with Crippen molar-refractivity contribution in [3.05, 3.63) is 36.5 Å². The van der Waals surface area contributed by atoms with Crippen molar-refractivity contribution in [1.82, 2.24) is 0 Å². The van der Waals surface area contributed by atoms with Crippen molar-refractivity contribution < 1.29 is 42.8 Å². The standard InChI is InChI=1S/C25H28O9/c1-2-25(33-23(27)17-10-14-4-7-20(17)31-14,34-24(28)18-11-15-5-8-21(18)32-15)12-29-22(26)16-9-13-3-6-19(16)30-13/h3-8,13-21H,2,9-12H2,1H3. The number of carbonyl (C=O) groups is 3. The first kappa shape index (κ1) is 22.0. The van der Waals surface area contributed by atoms with Gasteiger partial charge in [-0.1, -0.05) is 43.4 Å². The normalized spacial score (nSPS) is 41.7. The number of esters is 3. The molecule has 9 heteroatoms. The second-order valence-corrected chi connectivity index (χ2v) is 9.81. The molecule has 3 fully saturated rings. The van der Waals surface area contributed by atoms with Gasteiger partial charge in [0.1, 0.15) is 0 Å². The Balaban J connectivity index is 1.17. The van der Waals surface area contributed by atoms with Crippen LogP contribution in [0.25, 0.3) is 0 Å². The summed E-state index contributed by atoms with van der Waals surface area (Å²) in [5.74, 6) is -4.66. The molecule has 0 spiro atoms. The molecular weight excluding hydrogens is 444 g/mol. The van der Waals surface area contributed by atoms with Crippen LogP contribution in [0, 0.1) is 17.8 Å². The highest BCUT2D eigenvalue weighted by Gasteiger charge is 2.50. The van der Waals surface area contributed by atoms with Crippen LogP contribution in [0.4, 0.5) is 0 Å². The summed E-state index contributed by atoms with van der Waals surface area (Å²) < 4.78 is 34.3. The highest BCUT2D eigenvalue weighted by molar-refractivity contribution is 5.78. The summed E-state index contributed by atoms with van der Waals surface area (Å²) in [7, 11) is 0. The lowest BCUT2D eigenvalue weighted by Gasteiger charge is -2.34. The molecule has 6 aliphatic rings. The van der Waals surface area contributed by atoms with Crippen molar-refractivity contribution in [3.8, 4) is 0 Å². The van der Waals surface area contributed by atoms with E-state index in [2.05, 4.69) is 0 Å². The Morgan fingerprint density at radius 2 is 1.12 bits per heavy atom. The van der Waals surface area contributed by atoms with Gasteiger partial charge in [-0.3, -0.25) is 14.4 Å². The molecule has 0 aromatic carbocycles. The monoisotopic (exact) mass is 472 g/mol. The van der Waals surface area contributed by atoms with E-state index < -0.39 is 41.4 Å². The topological polar surface area (TPSA) is 107 Å². The molecule has 0 radical (unpaired) electrons. The number of fused-ring (bicyclic) bond motifs is 6. The third kappa shape index (κ3) is 3.79. The summed E-state index contributed by atoms with van der Waals surface area (Å²) in [6, 6.07) is 0. The molecule has 0 aliphatic carbocycles. The molecule has 9 atom stereocenters. The molecule has 3 saturated heterocycles. The zero-order chi connectivity index (χ0) is 23.4. The summed E-state index contributed by atoms with van der Waals surface area (Å²) >= 11 is 0. The fourth-order valence-electron chi connectivity index (χ4n) is 5.64. The third-order valence-corrected chi connectivity index (χ3v) is 7.65. The minimum atomic E-state index is -1.73. The molecule has 9 nitrogen and oxygen atoms in total. The average molecular weight is 472 g/mol. The highest BCUT2D eigenvalue weighted by Crippen LogP contribution is 2.39. The van der Waals surface area contributed by atoms with Gasteiger partial charge in [-0.25, -0.2) is 0 Å². The molecule has 0 aromatic rings. The molecule has 6 aliphatic heterocycles. The second-order valence-electron chi connectivity index (χ2n) is 9.81. The van der Waals surface area contributed by atoms with Gasteiger partial charge in [0.25, 0.3) is 5.79 Å². The van der Waals surface area contributed by atoms with E-state index in [4.69, 9.17) is 28.4 Å². The quantitative estimate of drug-likeness (QED) is 0.297. The van der Waals surface area contributed by atoms with Crippen molar-refractivity contribution in [3.63, 3.8) is 0 Å². The maximum absolute atomic E-state index is 13.1. The van der Waals surface area contributed by atoms with E-state index in [9.17, 15) is 14.4 Å². The molecule has 6 bridgehead atoms. The van der Waals surface area contributed by atoms with E-state index in [0.29, 0.717) is 19.3 Å². The summed E-state index contributed by atoms with van der Waals surface area (Å²) in [6.07, 6.45) is 11.7. The minimum absolute atomic E-state index is 0.0779. The van der Waals surface area contributed by atoms with Crippen LogP contribution in [0.3, 0.4) is 0 Å². The number of ether oxygens (including phenoxy) is 6. The highest BCUT2D eigenvalue weighted by atomic mass is 16.8. The zero-order valence-corrected chi connectivity index (χ0v) is 18.9. The second kappa shape index (κ2) is 8.32. The number of rotatable bonds is 8. The van der Waals surface area contributed by atoms with Gasteiger partial charge in [0.2, 0.25) is 0 Å². The molecule has 0 amide bonds. The van der Waals surface area contributed by atoms with Crippen LogP contribution in [0.5, 0.6) is 0 Å². The zero-order valence-electron chi connectivity index (χ0n) is 18.9. The van der Waals surface area contributed by atoms with Crippen molar-refractivity contribution in [1.29, 1.82) is 0 Å². The fourth-order valence-corrected chi connectivity index (χ4v) is 5.64. The van der Waals surface area contributed by atoms with Gasteiger partial charge in [-0.2, -0.15) is 0 Å².